The number of nitrogens with two attached hydrogens (primary N) is 2. The summed E-state index contributed by atoms with van der Waals surface area (Å²) >= 11 is 0. The van der Waals surface area contributed by atoms with Crippen molar-refractivity contribution in [2.75, 3.05) is 24.6 Å². The molecule has 2 aliphatic rings. The number of hydrogen-bond donors (Lipinski definition) is 3. The predicted molar refractivity (Wildman–Crippen MR) is 281 cm³/mol. The third-order valence-electron chi connectivity index (χ3n) is 14.2. The molecule has 5 N–H and O–H groups in total. The van der Waals surface area contributed by atoms with Crippen LogP contribution in [-0.4, -0.2) is 54.6 Å². The quantitative estimate of drug-likeness (QED) is 0.0963. The van der Waals surface area contributed by atoms with E-state index in [9.17, 15) is 35.9 Å². The van der Waals surface area contributed by atoms with Crippen molar-refractivity contribution < 1.29 is 45.4 Å². The highest BCUT2D eigenvalue weighted by Gasteiger charge is 2.45. The maximum Gasteiger partial charge on any atom is 0.411 e. The van der Waals surface area contributed by atoms with Crippen LogP contribution in [0.2, 0.25) is 0 Å². The van der Waals surface area contributed by atoms with E-state index in [1.807, 2.05) is 45.0 Å². The van der Waals surface area contributed by atoms with E-state index >= 15 is 0 Å². The first-order valence-corrected chi connectivity index (χ1v) is 25.1. The van der Waals surface area contributed by atoms with Crippen molar-refractivity contribution in [1.29, 1.82) is 0 Å². The van der Waals surface area contributed by atoms with Crippen LogP contribution in [0.1, 0.15) is 87.2 Å². The lowest BCUT2D eigenvalue weighted by atomic mass is 9.84. The zero-order valence-corrected chi connectivity index (χ0v) is 42.6. The molecule has 2 amide bonds. The molecule has 2 fully saturated rings. The standard InChI is InChI=1S/C29H27F3N4O2.C27H26F3NO2.C3H5N3/c1-19(20-2-4-21(5-3-20)25-11-10-24(31)18-26(25)32)36-16-13-29(38-28(36)37,22-6-8-23(30)9-7-22)12-15-35-17-14-34-27(35)33;1-3-14-27(21-8-10-22(28)11-9-21)15-16-31(26(32)33-27)18(2)19-4-6-20(7-5-19)24-13-12-23(29)17-25(24)30;4-3-5-1-2-6-3/h2-11,14,17-19H,12-13,15-16H2,1H3,(H2,33,34);4-13,17-18H,3,14-16H2,1-2H3;1-2H,(H3,4,5,6)/t19-,29+;18-,27+;/m00./s1. The first-order chi connectivity index (χ1) is 37.0. The molecule has 2 saturated heterocycles. The maximum atomic E-state index is 14.2. The Labute approximate surface area is 442 Å². The molecule has 4 heterocycles. The van der Waals surface area contributed by atoms with Gasteiger partial charge in [0.25, 0.3) is 0 Å². The van der Waals surface area contributed by atoms with Crippen molar-refractivity contribution in [3.05, 3.63) is 215 Å². The molecule has 77 heavy (non-hydrogen) atoms. The molecule has 6 aromatic carbocycles. The number of carbonyl (C=O) groups excluding carboxylic acids is 2. The summed E-state index contributed by atoms with van der Waals surface area (Å²) in [5, 5.41) is 0. The predicted octanol–water partition coefficient (Wildman–Crippen LogP) is 13.8. The van der Waals surface area contributed by atoms with E-state index < -0.39 is 46.7 Å². The molecular weight excluding hydrogens is 999 g/mol. The summed E-state index contributed by atoms with van der Waals surface area (Å²) in [6.07, 6.45) is 8.74. The zero-order valence-electron chi connectivity index (χ0n) is 42.6. The number of hydrogen-bond acceptors (Lipinski definition) is 8. The minimum absolute atomic E-state index is 0.252. The number of amides is 2. The van der Waals surface area contributed by atoms with Gasteiger partial charge in [-0.1, -0.05) is 86.1 Å². The van der Waals surface area contributed by atoms with Gasteiger partial charge in [0.05, 0.1) is 12.1 Å². The lowest BCUT2D eigenvalue weighted by Crippen LogP contribution is -2.49. The van der Waals surface area contributed by atoms with Crippen LogP contribution in [0.5, 0.6) is 0 Å². The molecule has 400 valence electrons. The van der Waals surface area contributed by atoms with Crippen LogP contribution < -0.4 is 11.5 Å². The molecule has 2 aliphatic heterocycles. The second-order valence-electron chi connectivity index (χ2n) is 18.9. The summed E-state index contributed by atoms with van der Waals surface area (Å²) in [4.78, 5) is 40.1. The number of ether oxygens (including phenoxy) is 2. The second-order valence-corrected chi connectivity index (χ2v) is 18.9. The molecule has 12 nitrogen and oxygen atoms in total. The Hall–Kier alpha value is -8.54. The van der Waals surface area contributed by atoms with Crippen molar-refractivity contribution in [2.24, 2.45) is 0 Å². The van der Waals surface area contributed by atoms with Gasteiger partial charge in [-0.15, -0.1) is 0 Å². The molecule has 0 spiro atoms. The third kappa shape index (κ3) is 12.8. The van der Waals surface area contributed by atoms with E-state index in [0.717, 1.165) is 35.2 Å². The Morgan fingerprint density at radius 1 is 0.584 bits per heavy atom. The summed E-state index contributed by atoms with van der Waals surface area (Å²) in [7, 11) is 0. The van der Waals surface area contributed by atoms with Crippen molar-refractivity contribution in [3.63, 3.8) is 0 Å². The number of carbonyl (C=O) groups is 2. The number of nitrogens with one attached hydrogen (secondary N) is 1. The molecule has 0 aliphatic carbocycles. The van der Waals surface area contributed by atoms with Crippen molar-refractivity contribution in [1.82, 2.24) is 29.3 Å². The number of H-pyrrole nitrogens is 1. The van der Waals surface area contributed by atoms with Gasteiger partial charge in [0, 0.05) is 86.9 Å². The van der Waals surface area contributed by atoms with Crippen LogP contribution in [0.3, 0.4) is 0 Å². The molecule has 8 aromatic rings. The van der Waals surface area contributed by atoms with E-state index in [4.69, 9.17) is 20.9 Å². The Morgan fingerprint density at radius 2 is 1.03 bits per heavy atom. The average molecular weight is 1060 g/mol. The summed E-state index contributed by atoms with van der Waals surface area (Å²) in [6, 6.07) is 32.9. The van der Waals surface area contributed by atoms with Crippen LogP contribution in [0.15, 0.2) is 158 Å². The van der Waals surface area contributed by atoms with E-state index in [0.29, 0.717) is 85.0 Å². The van der Waals surface area contributed by atoms with Crippen LogP contribution >= 0.6 is 0 Å². The fourth-order valence-corrected chi connectivity index (χ4v) is 9.80. The lowest BCUT2D eigenvalue weighted by molar-refractivity contribution is -0.0676. The van der Waals surface area contributed by atoms with E-state index in [2.05, 4.69) is 15.0 Å². The highest BCUT2D eigenvalue weighted by atomic mass is 19.2. The second kappa shape index (κ2) is 24.0. The van der Waals surface area contributed by atoms with Crippen LogP contribution in [0.4, 0.5) is 47.8 Å². The minimum atomic E-state index is -0.957. The Morgan fingerprint density at radius 3 is 1.38 bits per heavy atom. The van der Waals surface area contributed by atoms with Gasteiger partial charge >= 0.3 is 12.2 Å². The summed E-state index contributed by atoms with van der Waals surface area (Å²) < 4.78 is 95.8. The third-order valence-corrected chi connectivity index (χ3v) is 14.2. The van der Waals surface area contributed by atoms with Gasteiger partial charge in [0.1, 0.15) is 46.1 Å². The first-order valence-electron chi connectivity index (χ1n) is 25.1. The number of anilines is 2. The lowest BCUT2D eigenvalue weighted by Gasteiger charge is -2.43. The summed E-state index contributed by atoms with van der Waals surface area (Å²) in [5.74, 6) is -2.38. The summed E-state index contributed by atoms with van der Waals surface area (Å²) in [5.41, 5.74) is 14.4. The smallest absolute Gasteiger partial charge is 0.411 e. The van der Waals surface area contributed by atoms with E-state index in [-0.39, 0.29) is 23.7 Å². The van der Waals surface area contributed by atoms with Gasteiger partial charge in [0.2, 0.25) is 0 Å². The zero-order chi connectivity index (χ0) is 54.9. The Balaban J connectivity index is 0.000000185. The SMILES string of the molecule is CCC[C@]1(c2ccc(F)cc2)CCN([C@@H](C)c2ccc(-c3ccc(F)cc3F)cc2)C(=O)O1.C[C@@H](c1ccc(-c2ccc(F)cc2F)cc1)N1CC[C@](CCn2ccnc2N)(c2ccc(F)cc2)OC1=O.Nc1ncc[nH]1. The van der Waals surface area contributed by atoms with Gasteiger partial charge in [-0.25, -0.2) is 45.9 Å². The molecule has 0 radical (unpaired) electrons. The number of aryl methyl sites for hydroxylation is 1. The van der Waals surface area contributed by atoms with E-state index in [1.165, 1.54) is 48.5 Å². The summed E-state index contributed by atoms with van der Waals surface area (Å²) in [6.45, 7) is 7.20. The van der Waals surface area contributed by atoms with Crippen molar-refractivity contribution >= 4 is 24.1 Å². The number of aromatic nitrogens is 4. The van der Waals surface area contributed by atoms with Gasteiger partial charge in [-0.2, -0.15) is 0 Å². The number of aromatic amines is 1. The number of nitrogen functional groups attached to an aromatic ring is 2. The molecule has 2 aromatic heterocycles. The maximum absolute atomic E-state index is 14.2. The largest absolute Gasteiger partial charge is 0.438 e. The molecule has 4 atom stereocenters. The van der Waals surface area contributed by atoms with Gasteiger partial charge in [-0.3, -0.25) is 0 Å². The topological polar surface area (TPSA) is 158 Å². The van der Waals surface area contributed by atoms with Crippen LogP contribution in [0.25, 0.3) is 22.3 Å². The first kappa shape index (κ1) is 54.7. The Bertz CT molecular complexity index is 3250. The Kier molecular flexibility index (Phi) is 17.0. The minimum Gasteiger partial charge on any atom is -0.438 e. The highest BCUT2D eigenvalue weighted by molar-refractivity contribution is 5.72. The van der Waals surface area contributed by atoms with Crippen molar-refractivity contribution in [2.45, 2.75) is 82.7 Å². The van der Waals surface area contributed by atoms with Gasteiger partial charge in [0.15, 0.2) is 11.9 Å². The normalized spacial score (nSPS) is 18.0. The molecule has 0 saturated carbocycles. The van der Waals surface area contributed by atoms with Gasteiger partial charge in [-0.05, 0) is 102 Å². The fourth-order valence-electron chi connectivity index (χ4n) is 9.80. The molecular formula is C59H58F6N8O4. The fraction of sp³-hybridized carbons (Fsp3) is 0.254. The number of halogens is 6. The molecule has 18 heteroatoms. The molecule has 0 bridgehead atoms. The number of nitrogens with zero attached hydrogens (tertiary/aromatic N) is 5. The van der Waals surface area contributed by atoms with Gasteiger partial charge < -0.3 is 40.3 Å². The molecule has 10 rings (SSSR count). The van der Waals surface area contributed by atoms with Crippen LogP contribution in [-0.2, 0) is 27.2 Å². The number of cyclic esters (lactones) is 2. The molecule has 0 unspecified atom stereocenters. The van der Waals surface area contributed by atoms with Crippen LogP contribution in [0, 0.1) is 34.9 Å². The number of benzene rings is 6. The average Bonchev–Trinajstić information content (AvgIpc) is 4.10. The number of rotatable bonds is 13. The van der Waals surface area contributed by atoms with E-state index in [1.54, 1.807) is 87.7 Å². The highest BCUT2D eigenvalue weighted by Crippen LogP contribution is 2.42. The number of imidazole rings is 2. The van der Waals surface area contributed by atoms with Crippen molar-refractivity contribution in [3.8, 4) is 22.3 Å². The monoisotopic (exact) mass is 1060 g/mol.